The average molecular weight is 358 g/mol. The molecule has 21 heavy (non-hydrogen) atoms. The summed E-state index contributed by atoms with van der Waals surface area (Å²) in [6, 6.07) is 0. The number of nitrogens with one attached hydrogen (secondary N) is 1. The Bertz CT molecular complexity index is 819. The second-order valence-corrected chi connectivity index (χ2v) is 5.11. The molecule has 1 N–H and O–H groups in total. The summed E-state index contributed by atoms with van der Waals surface area (Å²) < 4.78 is 3.49. The van der Waals surface area contributed by atoms with Gasteiger partial charge in [0.2, 0.25) is 0 Å². The Balaban J connectivity index is 2.55. The molecule has 2 heterocycles. The van der Waals surface area contributed by atoms with Crippen molar-refractivity contribution in [3.63, 3.8) is 0 Å². The third kappa shape index (κ3) is 2.79. The van der Waals surface area contributed by atoms with Crippen LogP contribution in [0.5, 0.6) is 0 Å². The van der Waals surface area contributed by atoms with Crippen LogP contribution in [0.4, 0.5) is 5.69 Å². The predicted octanol–water partition coefficient (Wildman–Crippen LogP) is 0.780. The van der Waals surface area contributed by atoms with Gasteiger partial charge in [-0.15, -0.1) is 0 Å². The lowest BCUT2D eigenvalue weighted by Gasteiger charge is -2.07. The highest BCUT2D eigenvalue weighted by molar-refractivity contribution is 9.10. The lowest BCUT2D eigenvalue weighted by molar-refractivity contribution is -0.386. The fourth-order valence-electron chi connectivity index (χ4n) is 1.93. The van der Waals surface area contributed by atoms with Crippen LogP contribution in [-0.2, 0) is 13.1 Å². The normalized spacial score (nSPS) is 10.8. The van der Waals surface area contributed by atoms with Gasteiger partial charge >= 0.3 is 16.9 Å². The summed E-state index contributed by atoms with van der Waals surface area (Å²) in [5.41, 5.74) is -0.957. The predicted molar refractivity (Wildman–Crippen MR) is 77.4 cm³/mol. The molecule has 2 rings (SSSR count). The van der Waals surface area contributed by atoms with Gasteiger partial charge in [-0.2, -0.15) is 5.10 Å². The number of rotatable bonds is 4. The molecule has 0 amide bonds. The highest BCUT2D eigenvalue weighted by Gasteiger charge is 2.18. The summed E-state index contributed by atoms with van der Waals surface area (Å²) in [4.78, 5) is 35.0. The SMILES string of the molecule is CCn1nc(C)c(Br)c1Cn1cc([N+](=O)[O-])c(=O)[nH]c1=O. The van der Waals surface area contributed by atoms with Crippen LogP contribution >= 0.6 is 15.9 Å². The van der Waals surface area contributed by atoms with E-state index in [1.807, 2.05) is 11.9 Å². The highest BCUT2D eigenvalue weighted by Crippen LogP contribution is 2.21. The molecule has 0 saturated carbocycles. The Morgan fingerprint density at radius 3 is 2.71 bits per heavy atom. The fraction of sp³-hybridized carbons (Fsp3) is 0.364. The number of aryl methyl sites for hydroxylation is 2. The van der Waals surface area contributed by atoms with Crippen molar-refractivity contribution in [2.75, 3.05) is 0 Å². The molecule has 0 saturated heterocycles. The first kappa shape index (κ1) is 15.2. The first-order valence-electron chi connectivity index (χ1n) is 6.05. The van der Waals surface area contributed by atoms with Crippen LogP contribution in [-0.4, -0.2) is 24.3 Å². The Morgan fingerprint density at radius 1 is 1.48 bits per heavy atom. The van der Waals surface area contributed by atoms with E-state index in [0.29, 0.717) is 12.2 Å². The molecule has 0 unspecified atom stereocenters. The van der Waals surface area contributed by atoms with Gasteiger partial charge in [0.25, 0.3) is 0 Å². The molecule has 9 nitrogen and oxygen atoms in total. The van der Waals surface area contributed by atoms with Crippen molar-refractivity contribution in [1.82, 2.24) is 19.3 Å². The van der Waals surface area contributed by atoms with E-state index in [9.17, 15) is 19.7 Å². The number of H-pyrrole nitrogens is 1. The zero-order chi connectivity index (χ0) is 15.7. The van der Waals surface area contributed by atoms with Crippen molar-refractivity contribution < 1.29 is 4.92 Å². The van der Waals surface area contributed by atoms with Gasteiger partial charge in [0.15, 0.2) is 0 Å². The monoisotopic (exact) mass is 357 g/mol. The Morgan fingerprint density at radius 2 is 2.14 bits per heavy atom. The minimum atomic E-state index is -1.01. The Labute approximate surface area is 126 Å². The van der Waals surface area contributed by atoms with E-state index in [1.54, 1.807) is 11.6 Å². The van der Waals surface area contributed by atoms with E-state index in [4.69, 9.17) is 0 Å². The van der Waals surface area contributed by atoms with Crippen molar-refractivity contribution in [3.8, 4) is 0 Å². The first-order chi connectivity index (χ1) is 9.85. The van der Waals surface area contributed by atoms with Gasteiger partial charge in [-0.25, -0.2) is 4.79 Å². The molecule has 10 heteroatoms. The molecule has 0 fully saturated rings. The first-order valence-corrected chi connectivity index (χ1v) is 6.84. The van der Waals surface area contributed by atoms with Gasteiger partial charge in [0.1, 0.15) is 0 Å². The van der Waals surface area contributed by atoms with Crippen LogP contribution < -0.4 is 11.2 Å². The van der Waals surface area contributed by atoms with E-state index in [1.165, 1.54) is 0 Å². The van der Waals surface area contributed by atoms with Gasteiger partial charge in [0, 0.05) is 6.54 Å². The molecule has 2 aromatic heterocycles. The van der Waals surface area contributed by atoms with Crippen molar-refractivity contribution in [2.24, 2.45) is 0 Å². The third-order valence-corrected chi connectivity index (χ3v) is 3.99. The van der Waals surface area contributed by atoms with Crippen LogP contribution in [0.3, 0.4) is 0 Å². The lowest BCUT2D eigenvalue weighted by Crippen LogP contribution is -2.31. The lowest BCUT2D eigenvalue weighted by atomic mass is 10.3. The topological polar surface area (TPSA) is 116 Å². The zero-order valence-corrected chi connectivity index (χ0v) is 12.9. The van der Waals surface area contributed by atoms with E-state index in [2.05, 4.69) is 21.0 Å². The van der Waals surface area contributed by atoms with Crippen LogP contribution in [0.25, 0.3) is 0 Å². The number of aromatic amines is 1. The molecular formula is C11H12BrN5O4. The minimum absolute atomic E-state index is 0.0612. The summed E-state index contributed by atoms with van der Waals surface area (Å²) in [5, 5.41) is 15.1. The third-order valence-electron chi connectivity index (χ3n) is 2.96. The van der Waals surface area contributed by atoms with Crippen LogP contribution in [0.2, 0.25) is 0 Å². The summed E-state index contributed by atoms with van der Waals surface area (Å²) in [6.45, 7) is 4.34. The molecule has 0 bridgehead atoms. The van der Waals surface area contributed by atoms with Crippen LogP contribution in [0.15, 0.2) is 20.3 Å². The molecule has 0 aliphatic rings. The van der Waals surface area contributed by atoms with E-state index in [0.717, 1.165) is 20.9 Å². The number of nitrogens with zero attached hydrogens (tertiary/aromatic N) is 4. The van der Waals surface area contributed by atoms with E-state index < -0.39 is 21.9 Å². The molecule has 0 aliphatic heterocycles. The molecular weight excluding hydrogens is 346 g/mol. The standard InChI is InChI=1S/C11H12BrN5O4/c1-3-16-7(9(12)6(2)14-16)4-15-5-8(17(20)21)10(18)13-11(15)19/h5H,3-4H2,1-2H3,(H,13,18,19). The summed E-state index contributed by atoms with van der Waals surface area (Å²) >= 11 is 3.38. The highest BCUT2D eigenvalue weighted by atomic mass is 79.9. The van der Waals surface area contributed by atoms with Crippen LogP contribution in [0, 0.1) is 17.0 Å². The van der Waals surface area contributed by atoms with E-state index in [-0.39, 0.29) is 6.54 Å². The maximum atomic E-state index is 11.8. The summed E-state index contributed by atoms with van der Waals surface area (Å²) in [5.74, 6) is 0. The number of hydrogen-bond donors (Lipinski definition) is 1. The maximum Gasteiger partial charge on any atom is 0.350 e. The molecule has 0 aliphatic carbocycles. The van der Waals surface area contributed by atoms with Crippen molar-refractivity contribution >= 4 is 21.6 Å². The zero-order valence-electron chi connectivity index (χ0n) is 11.3. The minimum Gasteiger partial charge on any atom is -0.288 e. The van der Waals surface area contributed by atoms with Gasteiger partial charge in [-0.1, -0.05) is 0 Å². The molecule has 0 spiro atoms. The van der Waals surface area contributed by atoms with Gasteiger partial charge < -0.3 is 0 Å². The molecule has 112 valence electrons. The van der Waals surface area contributed by atoms with Crippen LogP contribution in [0.1, 0.15) is 18.3 Å². The van der Waals surface area contributed by atoms with Crippen molar-refractivity contribution in [3.05, 3.63) is 53.0 Å². The van der Waals surface area contributed by atoms with Gasteiger partial charge in [-0.05, 0) is 29.8 Å². The summed E-state index contributed by atoms with van der Waals surface area (Å²) in [7, 11) is 0. The average Bonchev–Trinajstić information content (AvgIpc) is 2.68. The van der Waals surface area contributed by atoms with E-state index >= 15 is 0 Å². The summed E-state index contributed by atoms with van der Waals surface area (Å²) in [6.07, 6.45) is 0.940. The fourth-order valence-corrected chi connectivity index (χ4v) is 2.34. The maximum absolute atomic E-state index is 11.8. The second kappa shape index (κ2) is 5.64. The number of nitro groups is 1. The smallest absolute Gasteiger partial charge is 0.288 e. The number of halogens is 1. The largest absolute Gasteiger partial charge is 0.350 e. The van der Waals surface area contributed by atoms with Gasteiger partial charge in [0.05, 0.1) is 33.5 Å². The van der Waals surface area contributed by atoms with Crippen molar-refractivity contribution in [2.45, 2.75) is 26.9 Å². The molecule has 0 atom stereocenters. The molecule has 0 radical (unpaired) electrons. The Hall–Kier alpha value is -2.23. The quantitative estimate of drug-likeness (QED) is 0.641. The molecule has 0 aromatic carbocycles. The Kier molecular flexibility index (Phi) is 4.07. The van der Waals surface area contributed by atoms with Crippen molar-refractivity contribution in [1.29, 1.82) is 0 Å². The number of aromatic nitrogens is 4. The molecule has 2 aromatic rings. The second-order valence-electron chi connectivity index (χ2n) is 4.32. The van der Waals surface area contributed by atoms with Gasteiger partial charge in [-0.3, -0.25) is 29.1 Å². The number of hydrogen-bond acceptors (Lipinski definition) is 5.